The van der Waals surface area contributed by atoms with Crippen LogP contribution in [0.4, 0.5) is 21.7 Å². The minimum Gasteiger partial charge on any atom is -0.489 e. The lowest BCUT2D eigenvalue weighted by Gasteiger charge is -2.21. The molecule has 1 aliphatic heterocycles. The Balaban J connectivity index is 1.55. The Hall–Kier alpha value is -3.49. The lowest BCUT2D eigenvalue weighted by molar-refractivity contribution is -0.117. The molecule has 1 fully saturated rings. The first-order valence-corrected chi connectivity index (χ1v) is 8.96. The Bertz CT molecular complexity index is 1110. The molecule has 8 nitrogen and oxygen atoms in total. The van der Waals surface area contributed by atoms with E-state index in [1.54, 1.807) is 24.7 Å². The number of hydrogen-bond acceptors (Lipinski definition) is 7. The molecule has 0 aromatic carbocycles. The molecule has 3 aromatic rings. The first-order chi connectivity index (χ1) is 13.6. The monoisotopic (exact) mass is 380 g/mol. The van der Waals surface area contributed by atoms with Gasteiger partial charge in [-0.2, -0.15) is 0 Å². The number of carbonyl (C=O) groups is 1. The van der Waals surface area contributed by atoms with Crippen LogP contribution in [-0.4, -0.2) is 40.2 Å². The summed E-state index contributed by atoms with van der Waals surface area (Å²) in [6.07, 6.45) is 4.14. The highest BCUT2D eigenvalue weighted by atomic mass is 19.1. The number of pyridine rings is 3. The molecule has 142 valence electrons. The van der Waals surface area contributed by atoms with Crippen molar-refractivity contribution >= 4 is 34.0 Å². The van der Waals surface area contributed by atoms with Crippen molar-refractivity contribution in [3.8, 4) is 17.0 Å². The minimum atomic E-state index is -1.06. The number of carbonyl (C=O) groups excluding carboxylic acids is 1. The summed E-state index contributed by atoms with van der Waals surface area (Å²) >= 11 is 0. The number of fused-ring (bicyclic) bond motifs is 2. The van der Waals surface area contributed by atoms with Gasteiger partial charge in [0.1, 0.15) is 24.4 Å². The van der Waals surface area contributed by atoms with Crippen LogP contribution in [-0.2, 0) is 4.79 Å². The van der Waals surface area contributed by atoms with Gasteiger partial charge in [0.15, 0.2) is 5.75 Å². The molecule has 9 heteroatoms. The Labute approximate surface area is 159 Å². The number of nitrogens with one attached hydrogen (secondary N) is 2. The number of ether oxygens (including phenoxy) is 1. The topological polar surface area (TPSA) is 115 Å². The number of nitrogens with zero attached hydrogens (tertiary/aromatic N) is 3. The lowest BCUT2D eigenvalue weighted by atomic mass is 10.1. The highest BCUT2D eigenvalue weighted by molar-refractivity contribution is 5.99. The number of amides is 1. The predicted molar refractivity (Wildman–Crippen MR) is 103 cm³/mol. The molecule has 0 saturated heterocycles. The summed E-state index contributed by atoms with van der Waals surface area (Å²) in [5, 5.41) is 7.31. The molecule has 4 heterocycles. The molecule has 1 saturated carbocycles. The van der Waals surface area contributed by atoms with Crippen molar-refractivity contribution in [1.82, 2.24) is 15.0 Å². The molecular formula is C19H17FN6O2. The molecule has 5 rings (SSSR count). The second-order valence-electron chi connectivity index (χ2n) is 6.87. The van der Waals surface area contributed by atoms with Crippen LogP contribution >= 0.6 is 0 Å². The maximum Gasteiger partial charge on any atom is 0.231 e. The summed E-state index contributed by atoms with van der Waals surface area (Å²) in [5.41, 5.74) is 8.26. The highest BCUT2D eigenvalue weighted by Crippen LogP contribution is 2.38. The minimum absolute atomic E-state index is 0.264. The van der Waals surface area contributed by atoms with Gasteiger partial charge in [-0.15, -0.1) is 0 Å². The smallest absolute Gasteiger partial charge is 0.231 e. The lowest BCUT2D eigenvalue weighted by Crippen LogP contribution is -2.18. The zero-order valence-corrected chi connectivity index (χ0v) is 14.8. The molecule has 0 spiro atoms. The Morgan fingerprint density at radius 2 is 2.18 bits per heavy atom. The zero-order valence-electron chi connectivity index (χ0n) is 14.8. The quantitative estimate of drug-likeness (QED) is 0.639. The maximum absolute atomic E-state index is 13.1. The summed E-state index contributed by atoms with van der Waals surface area (Å²) in [6.45, 7) is 1.25. The van der Waals surface area contributed by atoms with Crippen LogP contribution in [0.15, 0.2) is 30.7 Å². The van der Waals surface area contributed by atoms with Gasteiger partial charge in [-0.05, 0) is 23.9 Å². The molecular weight excluding hydrogens is 363 g/mol. The van der Waals surface area contributed by atoms with Crippen molar-refractivity contribution in [3.05, 3.63) is 30.7 Å². The Morgan fingerprint density at radius 1 is 1.32 bits per heavy atom. The van der Waals surface area contributed by atoms with E-state index in [-0.39, 0.29) is 12.3 Å². The fraction of sp³-hybridized carbons (Fsp3) is 0.263. The third-order valence-electron chi connectivity index (χ3n) is 4.88. The van der Waals surface area contributed by atoms with Crippen LogP contribution in [0.3, 0.4) is 0 Å². The number of aromatic nitrogens is 3. The summed E-state index contributed by atoms with van der Waals surface area (Å²) in [7, 11) is 0. The number of hydrogen-bond donors (Lipinski definition) is 3. The van der Waals surface area contributed by atoms with Crippen LogP contribution in [0, 0.1) is 5.92 Å². The van der Waals surface area contributed by atoms with Gasteiger partial charge >= 0.3 is 0 Å². The van der Waals surface area contributed by atoms with Gasteiger partial charge in [0.2, 0.25) is 5.91 Å². The first kappa shape index (κ1) is 16.7. The summed E-state index contributed by atoms with van der Waals surface area (Å²) in [5.74, 6) is 0.395. The number of alkyl halides is 1. The van der Waals surface area contributed by atoms with Crippen LogP contribution in [0.2, 0.25) is 0 Å². The van der Waals surface area contributed by atoms with Crippen LogP contribution in [0.1, 0.15) is 6.42 Å². The average Bonchev–Trinajstić information content (AvgIpc) is 3.44. The van der Waals surface area contributed by atoms with Gasteiger partial charge < -0.3 is 21.1 Å². The number of rotatable bonds is 3. The van der Waals surface area contributed by atoms with Gasteiger partial charge in [-0.1, -0.05) is 0 Å². The molecule has 4 N–H and O–H groups in total. The summed E-state index contributed by atoms with van der Waals surface area (Å²) < 4.78 is 18.9. The third kappa shape index (κ3) is 2.84. The third-order valence-corrected chi connectivity index (χ3v) is 4.88. The predicted octanol–water partition coefficient (Wildman–Crippen LogP) is 2.37. The fourth-order valence-electron chi connectivity index (χ4n) is 3.29. The Kier molecular flexibility index (Phi) is 3.75. The van der Waals surface area contributed by atoms with Crippen LogP contribution < -0.4 is 21.1 Å². The molecule has 1 aliphatic carbocycles. The largest absolute Gasteiger partial charge is 0.489 e. The van der Waals surface area contributed by atoms with Gasteiger partial charge in [-0.25, -0.2) is 14.4 Å². The highest BCUT2D eigenvalue weighted by Gasteiger charge is 2.43. The molecule has 3 aromatic heterocycles. The molecule has 2 atom stereocenters. The van der Waals surface area contributed by atoms with Crippen molar-refractivity contribution in [2.45, 2.75) is 12.6 Å². The van der Waals surface area contributed by atoms with Crippen LogP contribution in [0.25, 0.3) is 22.0 Å². The average molecular weight is 380 g/mol. The second kappa shape index (κ2) is 6.29. The Morgan fingerprint density at radius 3 is 3.00 bits per heavy atom. The SMILES string of the molecule is Nc1nc(-c2cncc3c2OCCN3)cc2cc(NC(=O)C3CC3F)ncc12. The van der Waals surface area contributed by atoms with Crippen molar-refractivity contribution in [1.29, 1.82) is 0 Å². The molecule has 0 radical (unpaired) electrons. The van der Waals surface area contributed by atoms with Crippen LogP contribution in [0.5, 0.6) is 5.75 Å². The molecule has 1 amide bonds. The number of anilines is 3. The van der Waals surface area contributed by atoms with E-state index < -0.39 is 12.1 Å². The van der Waals surface area contributed by atoms with Gasteiger partial charge in [0, 0.05) is 24.3 Å². The standard InChI is InChI=1S/C19H17FN6O2/c20-13-5-10(13)19(27)26-16-4-9-3-14(25-18(21)11(9)7-24-16)12-6-22-8-15-17(12)28-2-1-23-15/h3-4,6-8,10,13,23H,1-2,5H2,(H2,21,25)(H,24,26,27). The summed E-state index contributed by atoms with van der Waals surface area (Å²) in [4.78, 5) is 24.9. The van der Waals surface area contributed by atoms with E-state index in [9.17, 15) is 9.18 Å². The van der Waals surface area contributed by atoms with Crippen molar-refractivity contribution in [2.75, 3.05) is 29.5 Å². The molecule has 0 bridgehead atoms. The van der Waals surface area contributed by atoms with E-state index in [1.165, 1.54) is 0 Å². The van der Waals surface area contributed by atoms with Gasteiger partial charge in [0.05, 0.1) is 29.1 Å². The zero-order chi connectivity index (χ0) is 19.3. The normalized spacial score (nSPS) is 20.0. The van der Waals surface area contributed by atoms with Gasteiger partial charge in [0.25, 0.3) is 0 Å². The van der Waals surface area contributed by atoms with Gasteiger partial charge in [-0.3, -0.25) is 9.78 Å². The molecule has 28 heavy (non-hydrogen) atoms. The summed E-state index contributed by atoms with van der Waals surface area (Å²) in [6, 6.07) is 3.54. The number of nitrogen functional groups attached to an aromatic ring is 1. The number of halogens is 1. The fourth-order valence-corrected chi connectivity index (χ4v) is 3.29. The second-order valence-corrected chi connectivity index (χ2v) is 6.87. The maximum atomic E-state index is 13.1. The molecule has 2 unspecified atom stereocenters. The van der Waals surface area contributed by atoms with E-state index in [4.69, 9.17) is 10.5 Å². The van der Waals surface area contributed by atoms with E-state index >= 15 is 0 Å². The molecule has 2 aliphatic rings. The first-order valence-electron chi connectivity index (χ1n) is 8.96. The van der Waals surface area contributed by atoms with Crippen molar-refractivity contribution in [2.24, 2.45) is 5.92 Å². The van der Waals surface area contributed by atoms with E-state index in [1.807, 2.05) is 6.07 Å². The van der Waals surface area contributed by atoms with Crippen molar-refractivity contribution < 1.29 is 13.9 Å². The van der Waals surface area contributed by atoms with Crippen molar-refractivity contribution in [3.63, 3.8) is 0 Å². The van der Waals surface area contributed by atoms with E-state index in [2.05, 4.69) is 25.6 Å². The number of nitrogens with two attached hydrogens (primary N) is 1. The van der Waals surface area contributed by atoms with E-state index in [0.717, 1.165) is 16.6 Å². The van der Waals surface area contributed by atoms with E-state index in [0.29, 0.717) is 41.6 Å².